The highest BCUT2D eigenvalue weighted by Crippen LogP contribution is 2.30. The van der Waals surface area contributed by atoms with Gasteiger partial charge >= 0.3 is 5.97 Å². The number of esters is 1. The average molecular weight is 497 g/mol. The molecule has 0 bridgehead atoms. The maximum absolute atomic E-state index is 12.9. The molecule has 176 valence electrons. The maximum Gasteiger partial charge on any atom is 0.339 e. The molecule has 0 radical (unpaired) electrons. The van der Waals surface area contributed by atoms with Crippen molar-refractivity contribution in [2.24, 2.45) is 0 Å². The van der Waals surface area contributed by atoms with Crippen LogP contribution in [0.5, 0.6) is 0 Å². The predicted molar refractivity (Wildman–Crippen MR) is 130 cm³/mol. The number of nitrogens with zero attached hydrogens (tertiary/aromatic N) is 4. The van der Waals surface area contributed by atoms with Gasteiger partial charge in [-0.25, -0.2) is 4.79 Å². The van der Waals surface area contributed by atoms with Gasteiger partial charge in [-0.1, -0.05) is 11.8 Å². The second-order valence-electron chi connectivity index (χ2n) is 7.52. The lowest BCUT2D eigenvalue weighted by Crippen LogP contribution is -2.12. The molecule has 0 atom stereocenters. The topological polar surface area (TPSA) is 100 Å². The monoisotopic (exact) mass is 496 g/mol. The van der Waals surface area contributed by atoms with E-state index in [1.165, 1.54) is 23.1 Å². The van der Waals surface area contributed by atoms with Crippen LogP contribution in [0.15, 0.2) is 52.5 Å². The third-order valence-corrected chi connectivity index (χ3v) is 7.42. The van der Waals surface area contributed by atoms with Crippen LogP contribution in [-0.2, 0) is 22.5 Å². The largest absolute Gasteiger partial charge is 0.467 e. The molecule has 4 heterocycles. The summed E-state index contributed by atoms with van der Waals surface area (Å²) in [5, 5.41) is 9.27. The van der Waals surface area contributed by atoms with Crippen LogP contribution in [0.4, 0.5) is 0 Å². The summed E-state index contributed by atoms with van der Waals surface area (Å²) in [6, 6.07) is 7.45. The Morgan fingerprint density at radius 2 is 2.06 bits per heavy atom. The molecule has 8 nitrogen and oxygen atoms in total. The number of rotatable bonds is 10. The molecule has 0 saturated heterocycles. The molecular weight excluding hydrogens is 472 g/mol. The van der Waals surface area contributed by atoms with Crippen LogP contribution in [0.2, 0.25) is 0 Å². The summed E-state index contributed by atoms with van der Waals surface area (Å²) in [6.45, 7) is 6.32. The maximum atomic E-state index is 12.9. The third kappa shape index (κ3) is 5.28. The van der Waals surface area contributed by atoms with E-state index in [0.29, 0.717) is 29.7 Å². The van der Waals surface area contributed by atoms with Crippen molar-refractivity contribution < 1.29 is 18.7 Å². The molecular formula is C24H24N4O4S2. The van der Waals surface area contributed by atoms with Crippen molar-refractivity contribution in [2.45, 2.75) is 38.9 Å². The van der Waals surface area contributed by atoms with E-state index < -0.39 is 0 Å². The van der Waals surface area contributed by atoms with E-state index in [9.17, 15) is 9.59 Å². The minimum Gasteiger partial charge on any atom is -0.467 e. The minimum atomic E-state index is -0.376. The molecule has 4 rings (SSSR count). The molecule has 0 aliphatic heterocycles. The fourth-order valence-corrected chi connectivity index (χ4v) is 5.47. The molecule has 0 aliphatic rings. The number of furan rings is 1. The smallest absolute Gasteiger partial charge is 0.339 e. The number of hydrogen-bond donors (Lipinski definition) is 0. The summed E-state index contributed by atoms with van der Waals surface area (Å²) in [7, 11) is 0. The standard InChI is InChI=1S/C24H24N4O4S2/c1-4-31-23(30)21-15(2)16(3)34-20(21)11-18(29)14-33-24-27-26-22(17-7-5-9-25-12-17)28(24)13-19-8-6-10-32-19/h5-10,12H,4,11,13-14H2,1-3H3. The normalized spacial score (nSPS) is 11.0. The first-order chi connectivity index (χ1) is 16.5. The zero-order chi connectivity index (χ0) is 24.1. The molecule has 0 amide bonds. The highest BCUT2D eigenvalue weighted by molar-refractivity contribution is 7.99. The number of thiophene rings is 1. The lowest BCUT2D eigenvalue weighted by Gasteiger charge is -2.09. The molecule has 0 spiro atoms. The molecule has 0 unspecified atom stereocenters. The van der Waals surface area contributed by atoms with Crippen LogP contribution >= 0.6 is 23.1 Å². The number of carbonyl (C=O) groups excluding carboxylic acids is 2. The molecule has 4 aromatic heterocycles. The Balaban J connectivity index is 1.52. The number of Topliss-reactive ketones (excluding diaryl/α,β-unsaturated/α-hetero) is 1. The minimum absolute atomic E-state index is 0.00715. The predicted octanol–water partition coefficient (Wildman–Crippen LogP) is 4.74. The zero-order valence-corrected chi connectivity index (χ0v) is 20.7. The van der Waals surface area contributed by atoms with Crippen molar-refractivity contribution in [3.63, 3.8) is 0 Å². The van der Waals surface area contributed by atoms with Crippen LogP contribution in [-0.4, -0.2) is 43.9 Å². The second-order valence-corrected chi connectivity index (χ2v) is 9.77. The van der Waals surface area contributed by atoms with Gasteiger partial charge in [0.15, 0.2) is 11.0 Å². The van der Waals surface area contributed by atoms with E-state index in [1.807, 2.05) is 42.7 Å². The van der Waals surface area contributed by atoms with E-state index in [0.717, 1.165) is 26.6 Å². The van der Waals surface area contributed by atoms with Gasteiger partial charge in [0, 0.05) is 34.1 Å². The summed E-state index contributed by atoms with van der Waals surface area (Å²) in [5.41, 5.74) is 2.21. The van der Waals surface area contributed by atoms with E-state index in [2.05, 4.69) is 15.2 Å². The Morgan fingerprint density at radius 3 is 2.76 bits per heavy atom. The van der Waals surface area contributed by atoms with Crippen LogP contribution in [0.3, 0.4) is 0 Å². The summed E-state index contributed by atoms with van der Waals surface area (Å²) >= 11 is 2.78. The lowest BCUT2D eigenvalue weighted by atomic mass is 10.1. The van der Waals surface area contributed by atoms with Crippen molar-refractivity contribution in [3.8, 4) is 11.4 Å². The molecule has 0 fully saturated rings. The zero-order valence-electron chi connectivity index (χ0n) is 19.1. The molecule has 4 aromatic rings. The Bertz CT molecular complexity index is 1280. The summed E-state index contributed by atoms with van der Waals surface area (Å²) in [6.07, 6.45) is 5.21. The van der Waals surface area contributed by atoms with E-state index in [-0.39, 0.29) is 23.9 Å². The highest BCUT2D eigenvalue weighted by Gasteiger charge is 2.23. The summed E-state index contributed by atoms with van der Waals surface area (Å²) < 4.78 is 12.6. The SMILES string of the molecule is CCOC(=O)c1c(CC(=O)CSc2nnc(-c3cccnc3)n2Cc2ccco2)sc(C)c1C. The second kappa shape index (κ2) is 10.8. The van der Waals surface area contributed by atoms with Gasteiger partial charge in [-0.05, 0) is 50.6 Å². The summed E-state index contributed by atoms with van der Waals surface area (Å²) in [5.74, 6) is 1.21. The van der Waals surface area contributed by atoms with Gasteiger partial charge < -0.3 is 9.15 Å². The third-order valence-electron chi connectivity index (χ3n) is 5.19. The molecule has 34 heavy (non-hydrogen) atoms. The highest BCUT2D eigenvalue weighted by atomic mass is 32.2. The molecule has 0 N–H and O–H groups in total. The van der Waals surface area contributed by atoms with Crippen molar-refractivity contribution >= 4 is 34.9 Å². The van der Waals surface area contributed by atoms with E-state index in [1.54, 1.807) is 25.6 Å². The first kappa shape index (κ1) is 23.9. The summed E-state index contributed by atoms with van der Waals surface area (Å²) in [4.78, 5) is 31.2. The average Bonchev–Trinajstić information content (AvgIpc) is 3.54. The number of ether oxygens (including phenoxy) is 1. The van der Waals surface area contributed by atoms with Crippen molar-refractivity contribution in [1.29, 1.82) is 0 Å². The number of thioether (sulfide) groups is 1. The van der Waals surface area contributed by atoms with Gasteiger partial charge in [-0.3, -0.25) is 14.3 Å². The Kier molecular flexibility index (Phi) is 7.59. The molecule has 10 heteroatoms. The number of hydrogen-bond acceptors (Lipinski definition) is 9. The van der Waals surface area contributed by atoms with Gasteiger partial charge in [-0.15, -0.1) is 21.5 Å². The number of aromatic nitrogens is 4. The van der Waals surface area contributed by atoms with E-state index >= 15 is 0 Å². The first-order valence-corrected chi connectivity index (χ1v) is 12.5. The number of carbonyl (C=O) groups is 2. The van der Waals surface area contributed by atoms with Gasteiger partial charge in [0.1, 0.15) is 11.5 Å². The fraction of sp³-hybridized carbons (Fsp3) is 0.292. The molecule has 0 aromatic carbocycles. The number of ketones is 1. The van der Waals surface area contributed by atoms with Crippen LogP contribution in [0.1, 0.15) is 38.4 Å². The van der Waals surface area contributed by atoms with Crippen LogP contribution in [0, 0.1) is 13.8 Å². The van der Waals surface area contributed by atoms with Crippen molar-refractivity contribution in [3.05, 3.63) is 69.6 Å². The van der Waals surface area contributed by atoms with Gasteiger partial charge in [0.25, 0.3) is 0 Å². The molecule has 0 saturated carbocycles. The van der Waals surface area contributed by atoms with Gasteiger partial charge in [0.2, 0.25) is 0 Å². The Labute approximate surface area is 205 Å². The van der Waals surface area contributed by atoms with Crippen molar-refractivity contribution in [2.75, 3.05) is 12.4 Å². The van der Waals surface area contributed by atoms with E-state index in [4.69, 9.17) is 9.15 Å². The Morgan fingerprint density at radius 1 is 1.21 bits per heavy atom. The Hall–Kier alpha value is -3.24. The van der Waals surface area contributed by atoms with Crippen LogP contribution < -0.4 is 0 Å². The number of aryl methyl sites for hydroxylation is 1. The molecule has 0 aliphatic carbocycles. The quantitative estimate of drug-likeness (QED) is 0.229. The fourth-order valence-electron chi connectivity index (χ4n) is 3.47. The van der Waals surface area contributed by atoms with Crippen LogP contribution in [0.25, 0.3) is 11.4 Å². The number of pyridine rings is 1. The van der Waals surface area contributed by atoms with Gasteiger partial charge in [-0.2, -0.15) is 0 Å². The van der Waals surface area contributed by atoms with Crippen molar-refractivity contribution in [1.82, 2.24) is 19.7 Å². The van der Waals surface area contributed by atoms with Gasteiger partial charge in [0.05, 0.1) is 30.7 Å². The first-order valence-electron chi connectivity index (χ1n) is 10.7. The lowest BCUT2D eigenvalue weighted by molar-refractivity contribution is -0.115.